The molecule has 0 aromatic rings. The Kier molecular flexibility index (Phi) is 10.5. The molecule has 1 fully saturated rings. The van der Waals surface area contributed by atoms with Crippen LogP contribution in [0.25, 0.3) is 0 Å². The summed E-state index contributed by atoms with van der Waals surface area (Å²) in [5, 5.41) is 3.77. The van der Waals surface area contributed by atoms with Gasteiger partial charge in [-0.05, 0) is 44.6 Å². The maximum atomic E-state index is 5.47. The summed E-state index contributed by atoms with van der Waals surface area (Å²) in [6, 6.07) is 0.754. The molecule has 1 rings (SSSR count). The van der Waals surface area contributed by atoms with Gasteiger partial charge in [0.25, 0.3) is 0 Å². The zero-order valence-corrected chi connectivity index (χ0v) is 13.3. The van der Waals surface area contributed by atoms with E-state index in [0.29, 0.717) is 0 Å². The average Bonchev–Trinajstić information content (AvgIpc) is 2.45. The molecule has 1 N–H and O–H groups in total. The van der Waals surface area contributed by atoms with Crippen molar-refractivity contribution in [3.05, 3.63) is 0 Å². The first-order chi connectivity index (χ1) is 9.36. The fourth-order valence-corrected chi connectivity index (χ4v) is 3.03. The lowest BCUT2D eigenvalue weighted by Crippen LogP contribution is -2.33. The monoisotopic (exact) mass is 269 g/mol. The third kappa shape index (κ3) is 8.65. The molecule has 1 aliphatic rings. The van der Waals surface area contributed by atoms with Gasteiger partial charge < -0.3 is 10.1 Å². The number of unbranched alkanes of at least 4 members (excludes halogenated alkanes) is 4. The van der Waals surface area contributed by atoms with Gasteiger partial charge in [-0.25, -0.2) is 0 Å². The van der Waals surface area contributed by atoms with E-state index in [1.165, 1.54) is 70.8 Å². The lowest BCUT2D eigenvalue weighted by Gasteiger charge is -2.27. The highest BCUT2D eigenvalue weighted by atomic mass is 16.5. The summed E-state index contributed by atoms with van der Waals surface area (Å²) in [5.74, 6) is 0.902. The van der Waals surface area contributed by atoms with Gasteiger partial charge in [0, 0.05) is 19.3 Å². The minimum absolute atomic E-state index is 0.754. The van der Waals surface area contributed by atoms with Gasteiger partial charge >= 0.3 is 0 Å². The number of hydrogen-bond donors (Lipinski definition) is 1. The topological polar surface area (TPSA) is 21.3 Å². The van der Waals surface area contributed by atoms with E-state index in [0.717, 1.165) is 25.2 Å². The fourth-order valence-electron chi connectivity index (χ4n) is 3.03. The molecule has 0 spiro atoms. The highest BCUT2D eigenvalue weighted by Gasteiger charge is 2.18. The van der Waals surface area contributed by atoms with Crippen molar-refractivity contribution in [3.8, 4) is 0 Å². The molecule has 0 aliphatic carbocycles. The highest BCUT2D eigenvalue weighted by Crippen LogP contribution is 2.22. The highest BCUT2D eigenvalue weighted by molar-refractivity contribution is 4.74. The summed E-state index contributed by atoms with van der Waals surface area (Å²) in [7, 11) is 0. The van der Waals surface area contributed by atoms with E-state index in [9.17, 15) is 0 Å². The molecule has 1 aliphatic heterocycles. The van der Waals surface area contributed by atoms with Gasteiger partial charge in [-0.1, -0.05) is 46.0 Å². The van der Waals surface area contributed by atoms with Crippen LogP contribution in [0, 0.1) is 5.92 Å². The molecular formula is C17H35NO. The first kappa shape index (κ1) is 17.0. The largest absolute Gasteiger partial charge is 0.381 e. The van der Waals surface area contributed by atoms with Gasteiger partial charge in [0.2, 0.25) is 0 Å². The third-order valence-corrected chi connectivity index (χ3v) is 4.30. The van der Waals surface area contributed by atoms with Crippen LogP contribution < -0.4 is 5.32 Å². The molecule has 0 radical (unpaired) electrons. The molecule has 2 heteroatoms. The first-order valence-electron chi connectivity index (χ1n) is 8.68. The van der Waals surface area contributed by atoms with Crippen molar-refractivity contribution in [1.29, 1.82) is 0 Å². The predicted octanol–water partition coefficient (Wildman–Crippen LogP) is 4.53. The molecule has 0 aromatic heterocycles. The number of hydrogen-bond acceptors (Lipinski definition) is 2. The molecule has 1 heterocycles. The van der Waals surface area contributed by atoms with Crippen LogP contribution in [0.2, 0.25) is 0 Å². The Balaban J connectivity index is 2.17. The summed E-state index contributed by atoms with van der Waals surface area (Å²) < 4.78 is 5.47. The Morgan fingerprint density at radius 1 is 1.00 bits per heavy atom. The minimum atomic E-state index is 0.754. The Labute approximate surface area is 120 Å². The van der Waals surface area contributed by atoms with Crippen LogP contribution in [-0.2, 0) is 4.74 Å². The fraction of sp³-hybridized carbons (Fsp3) is 1.00. The number of nitrogens with one attached hydrogen (secondary N) is 1. The average molecular weight is 269 g/mol. The van der Waals surface area contributed by atoms with E-state index in [-0.39, 0.29) is 0 Å². The SMILES string of the molecule is CCCCCCCC(CC1CCOCC1)NCCC. The molecule has 19 heavy (non-hydrogen) atoms. The lowest BCUT2D eigenvalue weighted by molar-refractivity contribution is 0.0601. The zero-order valence-electron chi connectivity index (χ0n) is 13.3. The Hall–Kier alpha value is -0.0800. The Morgan fingerprint density at radius 2 is 1.74 bits per heavy atom. The van der Waals surface area contributed by atoms with Gasteiger partial charge in [-0.2, -0.15) is 0 Å². The van der Waals surface area contributed by atoms with E-state index in [1.807, 2.05) is 0 Å². The number of ether oxygens (including phenoxy) is 1. The quantitative estimate of drug-likeness (QED) is 0.556. The number of rotatable bonds is 11. The van der Waals surface area contributed by atoms with E-state index < -0.39 is 0 Å². The van der Waals surface area contributed by atoms with Crippen molar-refractivity contribution >= 4 is 0 Å². The van der Waals surface area contributed by atoms with Crippen LogP contribution in [0.1, 0.15) is 78.1 Å². The Morgan fingerprint density at radius 3 is 2.42 bits per heavy atom. The smallest absolute Gasteiger partial charge is 0.0468 e. The second-order valence-corrected chi connectivity index (χ2v) is 6.15. The molecule has 1 unspecified atom stereocenters. The van der Waals surface area contributed by atoms with Gasteiger partial charge in [0.1, 0.15) is 0 Å². The Bertz CT molecular complexity index is 190. The molecule has 114 valence electrons. The van der Waals surface area contributed by atoms with Crippen molar-refractivity contribution < 1.29 is 4.74 Å². The first-order valence-corrected chi connectivity index (χ1v) is 8.68. The summed E-state index contributed by atoms with van der Waals surface area (Å²) in [4.78, 5) is 0. The molecule has 2 nitrogen and oxygen atoms in total. The summed E-state index contributed by atoms with van der Waals surface area (Å²) in [5.41, 5.74) is 0. The molecule has 1 atom stereocenters. The van der Waals surface area contributed by atoms with Crippen LogP contribution >= 0.6 is 0 Å². The minimum Gasteiger partial charge on any atom is -0.381 e. The molecule has 1 saturated heterocycles. The molecule has 0 saturated carbocycles. The summed E-state index contributed by atoms with van der Waals surface area (Å²) >= 11 is 0. The van der Waals surface area contributed by atoms with Crippen LogP contribution in [0.5, 0.6) is 0 Å². The second-order valence-electron chi connectivity index (χ2n) is 6.15. The van der Waals surface area contributed by atoms with Gasteiger partial charge in [-0.3, -0.25) is 0 Å². The van der Waals surface area contributed by atoms with Crippen molar-refractivity contribution in [1.82, 2.24) is 5.32 Å². The van der Waals surface area contributed by atoms with Gasteiger partial charge in [0.15, 0.2) is 0 Å². The van der Waals surface area contributed by atoms with Crippen LogP contribution in [0.3, 0.4) is 0 Å². The zero-order chi connectivity index (χ0) is 13.8. The molecule has 0 amide bonds. The van der Waals surface area contributed by atoms with Crippen molar-refractivity contribution in [2.45, 2.75) is 84.1 Å². The van der Waals surface area contributed by atoms with E-state index in [1.54, 1.807) is 0 Å². The molecule has 0 aromatic carbocycles. The van der Waals surface area contributed by atoms with Crippen molar-refractivity contribution in [3.63, 3.8) is 0 Å². The normalized spacial score (nSPS) is 18.6. The van der Waals surface area contributed by atoms with E-state index in [4.69, 9.17) is 4.74 Å². The van der Waals surface area contributed by atoms with Crippen LogP contribution in [-0.4, -0.2) is 25.8 Å². The maximum Gasteiger partial charge on any atom is 0.0468 e. The van der Waals surface area contributed by atoms with Crippen LogP contribution in [0.15, 0.2) is 0 Å². The summed E-state index contributed by atoms with van der Waals surface area (Å²) in [6.07, 6.45) is 13.6. The van der Waals surface area contributed by atoms with Crippen molar-refractivity contribution in [2.24, 2.45) is 5.92 Å². The van der Waals surface area contributed by atoms with E-state index >= 15 is 0 Å². The van der Waals surface area contributed by atoms with Gasteiger partial charge in [0.05, 0.1) is 0 Å². The third-order valence-electron chi connectivity index (χ3n) is 4.30. The summed E-state index contributed by atoms with van der Waals surface area (Å²) in [6.45, 7) is 7.71. The van der Waals surface area contributed by atoms with E-state index in [2.05, 4.69) is 19.2 Å². The van der Waals surface area contributed by atoms with Gasteiger partial charge in [-0.15, -0.1) is 0 Å². The predicted molar refractivity (Wildman–Crippen MR) is 83.6 cm³/mol. The van der Waals surface area contributed by atoms with Crippen molar-refractivity contribution in [2.75, 3.05) is 19.8 Å². The molecular weight excluding hydrogens is 234 g/mol. The second kappa shape index (κ2) is 11.7. The molecule has 0 bridgehead atoms. The lowest BCUT2D eigenvalue weighted by atomic mass is 9.90. The van der Waals surface area contributed by atoms with Crippen LogP contribution in [0.4, 0.5) is 0 Å². The standard InChI is InChI=1S/C17H35NO/c1-3-5-6-7-8-9-17(18-12-4-2)15-16-10-13-19-14-11-16/h16-18H,3-15H2,1-2H3. The maximum absolute atomic E-state index is 5.47.